The third-order valence-corrected chi connectivity index (χ3v) is 4.33. The molecule has 0 spiro atoms. The fraction of sp³-hybridized carbons (Fsp3) is 0.250. The predicted octanol–water partition coefficient (Wildman–Crippen LogP) is 2.58. The van der Waals surface area contributed by atoms with Gasteiger partial charge in [0.2, 0.25) is 5.91 Å². The molecule has 21 heavy (non-hydrogen) atoms. The summed E-state index contributed by atoms with van der Waals surface area (Å²) in [4.78, 5) is 18.3. The van der Waals surface area contributed by atoms with Gasteiger partial charge in [-0.2, -0.15) is 0 Å². The highest BCUT2D eigenvalue weighted by Gasteiger charge is 2.18. The van der Waals surface area contributed by atoms with Crippen molar-refractivity contribution < 1.29 is 4.79 Å². The summed E-state index contributed by atoms with van der Waals surface area (Å²) in [5, 5.41) is 2.37. The molecular formula is C16H17N3OS. The molecule has 1 aromatic heterocycles. The van der Waals surface area contributed by atoms with E-state index in [1.807, 2.05) is 28.5 Å². The molecule has 0 aliphatic carbocycles. The monoisotopic (exact) mass is 299 g/mol. The molecule has 0 radical (unpaired) electrons. The van der Waals surface area contributed by atoms with Crippen molar-refractivity contribution in [1.82, 2.24) is 9.88 Å². The van der Waals surface area contributed by atoms with Crippen LogP contribution in [0, 0.1) is 0 Å². The molecule has 3 rings (SSSR count). The summed E-state index contributed by atoms with van der Waals surface area (Å²) >= 11 is 1.37. The standard InChI is InChI=1S/C16H17N3OS/c17-16-18-14(11-21-16)10-15(20)19-8-6-13(7-9-19)12-4-2-1-3-5-12/h1-6,11H,7-10H2,(H2,17,18). The third-order valence-electron chi connectivity index (χ3n) is 3.61. The molecule has 1 aliphatic rings. The van der Waals surface area contributed by atoms with Gasteiger partial charge in [0.25, 0.3) is 0 Å². The quantitative estimate of drug-likeness (QED) is 0.947. The zero-order valence-electron chi connectivity index (χ0n) is 11.7. The lowest BCUT2D eigenvalue weighted by Crippen LogP contribution is -2.35. The van der Waals surface area contributed by atoms with Crippen molar-refractivity contribution >= 4 is 27.9 Å². The first-order chi connectivity index (χ1) is 10.2. The van der Waals surface area contributed by atoms with Crippen LogP contribution in [0.1, 0.15) is 17.7 Å². The lowest BCUT2D eigenvalue weighted by molar-refractivity contribution is -0.130. The van der Waals surface area contributed by atoms with Crippen molar-refractivity contribution in [2.75, 3.05) is 18.8 Å². The first kappa shape index (κ1) is 13.8. The van der Waals surface area contributed by atoms with Crippen LogP contribution in [0.5, 0.6) is 0 Å². The summed E-state index contributed by atoms with van der Waals surface area (Å²) in [6.45, 7) is 1.43. The molecule has 1 amide bonds. The number of hydrogen-bond donors (Lipinski definition) is 1. The zero-order chi connectivity index (χ0) is 14.7. The van der Waals surface area contributed by atoms with Crippen molar-refractivity contribution in [2.45, 2.75) is 12.8 Å². The summed E-state index contributed by atoms with van der Waals surface area (Å²) in [6, 6.07) is 10.3. The van der Waals surface area contributed by atoms with Gasteiger partial charge in [-0.15, -0.1) is 11.3 Å². The van der Waals surface area contributed by atoms with Gasteiger partial charge in [-0.3, -0.25) is 4.79 Å². The maximum Gasteiger partial charge on any atom is 0.228 e. The Hall–Kier alpha value is -2.14. The number of amides is 1. The van der Waals surface area contributed by atoms with Gasteiger partial charge in [-0.25, -0.2) is 4.98 Å². The van der Waals surface area contributed by atoms with E-state index in [2.05, 4.69) is 23.2 Å². The molecule has 0 fully saturated rings. The van der Waals surface area contributed by atoms with Gasteiger partial charge in [0.05, 0.1) is 12.1 Å². The van der Waals surface area contributed by atoms with Gasteiger partial charge >= 0.3 is 0 Å². The average molecular weight is 299 g/mol. The second-order valence-electron chi connectivity index (χ2n) is 5.04. The molecule has 0 bridgehead atoms. The minimum atomic E-state index is 0.115. The molecule has 0 unspecified atom stereocenters. The smallest absolute Gasteiger partial charge is 0.228 e. The molecule has 1 aliphatic heterocycles. The topological polar surface area (TPSA) is 59.2 Å². The number of nitrogens with zero attached hydrogens (tertiary/aromatic N) is 2. The van der Waals surface area contributed by atoms with Crippen LogP contribution in [-0.2, 0) is 11.2 Å². The summed E-state index contributed by atoms with van der Waals surface area (Å²) < 4.78 is 0. The van der Waals surface area contributed by atoms with E-state index in [1.54, 1.807) is 0 Å². The minimum Gasteiger partial charge on any atom is -0.375 e. The maximum atomic E-state index is 12.2. The number of anilines is 1. The number of thiazole rings is 1. The van der Waals surface area contributed by atoms with Crippen molar-refractivity contribution in [3.8, 4) is 0 Å². The van der Waals surface area contributed by atoms with Crippen molar-refractivity contribution in [3.05, 3.63) is 53.0 Å². The van der Waals surface area contributed by atoms with E-state index in [0.717, 1.165) is 18.7 Å². The molecule has 2 N–H and O–H groups in total. The predicted molar refractivity (Wildman–Crippen MR) is 85.8 cm³/mol. The number of rotatable bonds is 3. The lowest BCUT2D eigenvalue weighted by Gasteiger charge is -2.26. The Morgan fingerprint density at radius 3 is 2.76 bits per heavy atom. The van der Waals surface area contributed by atoms with E-state index in [1.165, 1.54) is 22.5 Å². The van der Waals surface area contributed by atoms with Gasteiger partial charge in [0.15, 0.2) is 5.13 Å². The van der Waals surface area contributed by atoms with Crippen LogP contribution in [0.15, 0.2) is 41.8 Å². The van der Waals surface area contributed by atoms with E-state index < -0.39 is 0 Å². The normalized spacial score (nSPS) is 14.9. The van der Waals surface area contributed by atoms with Gasteiger partial charge in [-0.1, -0.05) is 36.4 Å². The number of aromatic nitrogens is 1. The van der Waals surface area contributed by atoms with Crippen LogP contribution < -0.4 is 5.73 Å². The van der Waals surface area contributed by atoms with Crippen LogP contribution in [0.25, 0.3) is 5.57 Å². The minimum absolute atomic E-state index is 0.115. The highest BCUT2D eigenvalue weighted by Crippen LogP contribution is 2.22. The van der Waals surface area contributed by atoms with Gasteiger partial charge in [0.1, 0.15) is 0 Å². The first-order valence-electron chi connectivity index (χ1n) is 6.94. The highest BCUT2D eigenvalue weighted by atomic mass is 32.1. The Bertz CT molecular complexity index is 663. The molecule has 4 nitrogen and oxygen atoms in total. The largest absolute Gasteiger partial charge is 0.375 e. The molecule has 0 saturated carbocycles. The van der Waals surface area contributed by atoms with Crippen molar-refractivity contribution in [3.63, 3.8) is 0 Å². The molecule has 0 saturated heterocycles. The molecule has 0 atom stereocenters. The van der Waals surface area contributed by atoms with E-state index in [4.69, 9.17) is 5.73 Å². The van der Waals surface area contributed by atoms with Gasteiger partial charge < -0.3 is 10.6 Å². The number of carbonyl (C=O) groups is 1. The summed E-state index contributed by atoms with van der Waals surface area (Å²) in [7, 11) is 0. The number of carbonyl (C=O) groups excluding carboxylic acids is 1. The average Bonchev–Trinajstić information content (AvgIpc) is 2.93. The molecule has 5 heteroatoms. The maximum absolute atomic E-state index is 12.2. The second kappa shape index (κ2) is 6.10. The Kier molecular flexibility index (Phi) is 4.01. The van der Waals surface area contributed by atoms with E-state index in [0.29, 0.717) is 18.1 Å². The Morgan fingerprint density at radius 2 is 2.14 bits per heavy atom. The Morgan fingerprint density at radius 1 is 1.33 bits per heavy atom. The zero-order valence-corrected chi connectivity index (χ0v) is 12.5. The molecule has 2 aromatic rings. The van der Waals surface area contributed by atoms with Crippen LogP contribution in [0.4, 0.5) is 5.13 Å². The number of nitrogens with two attached hydrogens (primary N) is 1. The van der Waals surface area contributed by atoms with E-state index >= 15 is 0 Å². The van der Waals surface area contributed by atoms with Crippen LogP contribution in [-0.4, -0.2) is 28.9 Å². The van der Waals surface area contributed by atoms with E-state index in [9.17, 15) is 4.79 Å². The fourth-order valence-corrected chi connectivity index (χ4v) is 3.04. The molecule has 2 heterocycles. The van der Waals surface area contributed by atoms with Crippen LogP contribution in [0.2, 0.25) is 0 Å². The second-order valence-corrected chi connectivity index (χ2v) is 5.93. The van der Waals surface area contributed by atoms with Crippen LogP contribution in [0.3, 0.4) is 0 Å². The van der Waals surface area contributed by atoms with Crippen molar-refractivity contribution in [1.29, 1.82) is 0 Å². The number of hydrogen-bond acceptors (Lipinski definition) is 4. The molecular weight excluding hydrogens is 282 g/mol. The highest BCUT2D eigenvalue weighted by molar-refractivity contribution is 7.13. The van der Waals surface area contributed by atoms with Gasteiger partial charge in [0, 0.05) is 18.5 Å². The summed E-state index contributed by atoms with van der Waals surface area (Å²) in [6.07, 6.45) is 3.38. The van der Waals surface area contributed by atoms with Crippen molar-refractivity contribution in [2.24, 2.45) is 0 Å². The summed E-state index contributed by atoms with van der Waals surface area (Å²) in [5.74, 6) is 0.115. The SMILES string of the molecule is Nc1nc(CC(=O)N2CC=C(c3ccccc3)CC2)cs1. The molecule has 1 aromatic carbocycles. The number of nitrogen functional groups attached to an aromatic ring is 1. The first-order valence-corrected chi connectivity index (χ1v) is 7.82. The Labute approximate surface area is 127 Å². The lowest BCUT2D eigenvalue weighted by atomic mass is 9.99. The number of benzene rings is 1. The van der Waals surface area contributed by atoms with E-state index in [-0.39, 0.29) is 5.91 Å². The molecule has 108 valence electrons. The fourth-order valence-electron chi connectivity index (χ4n) is 2.48. The third kappa shape index (κ3) is 3.31. The van der Waals surface area contributed by atoms with Crippen LogP contribution >= 0.6 is 11.3 Å². The Balaban J connectivity index is 1.62. The van der Waals surface area contributed by atoms with Gasteiger partial charge in [-0.05, 0) is 17.6 Å². The summed E-state index contributed by atoms with van der Waals surface area (Å²) in [5.41, 5.74) is 8.92.